The first-order chi connectivity index (χ1) is 10.0. The summed E-state index contributed by atoms with van der Waals surface area (Å²) in [6, 6.07) is 4.32. The average molecular weight is 290 g/mol. The van der Waals surface area contributed by atoms with Gasteiger partial charge in [-0.15, -0.1) is 0 Å². The second-order valence-corrected chi connectivity index (χ2v) is 6.94. The highest BCUT2D eigenvalue weighted by Gasteiger charge is 2.18. The number of rotatable bonds is 7. The third-order valence-corrected chi connectivity index (χ3v) is 3.94. The lowest BCUT2D eigenvalue weighted by atomic mass is 10.1. The van der Waals surface area contributed by atoms with Crippen molar-refractivity contribution in [2.75, 3.05) is 6.54 Å². The minimum Gasteiger partial charge on any atom is -0.474 e. The quantitative estimate of drug-likeness (QED) is 0.814. The summed E-state index contributed by atoms with van der Waals surface area (Å²) >= 11 is 0. The van der Waals surface area contributed by atoms with Crippen molar-refractivity contribution in [3.8, 4) is 5.88 Å². The molecule has 0 bridgehead atoms. The van der Waals surface area contributed by atoms with E-state index in [1.54, 1.807) is 0 Å². The fourth-order valence-corrected chi connectivity index (χ4v) is 2.72. The summed E-state index contributed by atoms with van der Waals surface area (Å²) in [4.78, 5) is 4.69. The van der Waals surface area contributed by atoms with Gasteiger partial charge in [0.25, 0.3) is 0 Å². The van der Waals surface area contributed by atoms with E-state index in [9.17, 15) is 0 Å². The molecule has 0 spiro atoms. The summed E-state index contributed by atoms with van der Waals surface area (Å²) < 4.78 is 6.10. The number of aromatic nitrogens is 1. The number of ether oxygens (including phenoxy) is 1. The van der Waals surface area contributed by atoms with Gasteiger partial charge < -0.3 is 10.1 Å². The molecule has 3 nitrogen and oxygen atoms in total. The van der Waals surface area contributed by atoms with Crippen LogP contribution < -0.4 is 10.1 Å². The summed E-state index contributed by atoms with van der Waals surface area (Å²) in [5, 5.41) is 3.50. The van der Waals surface area contributed by atoms with Crippen molar-refractivity contribution in [3.63, 3.8) is 0 Å². The summed E-state index contributed by atoms with van der Waals surface area (Å²) in [6.07, 6.45) is 5.30. The Bertz CT molecular complexity index is 437. The van der Waals surface area contributed by atoms with Crippen molar-refractivity contribution in [3.05, 3.63) is 23.4 Å². The predicted molar refractivity (Wildman–Crippen MR) is 87.8 cm³/mol. The summed E-state index contributed by atoms with van der Waals surface area (Å²) in [6.45, 7) is 10.8. The van der Waals surface area contributed by atoms with Crippen molar-refractivity contribution in [1.82, 2.24) is 10.3 Å². The first kappa shape index (κ1) is 16.3. The highest BCUT2D eigenvalue weighted by Crippen LogP contribution is 2.25. The smallest absolute Gasteiger partial charge is 0.214 e. The van der Waals surface area contributed by atoms with Gasteiger partial charge in [-0.25, -0.2) is 4.98 Å². The molecular formula is C18H30N2O. The molecule has 1 aromatic rings. The van der Waals surface area contributed by atoms with E-state index < -0.39 is 0 Å². The molecule has 1 saturated carbocycles. The third-order valence-electron chi connectivity index (χ3n) is 3.94. The van der Waals surface area contributed by atoms with E-state index in [0.29, 0.717) is 17.9 Å². The zero-order valence-electron chi connectivity index (χ0n) is 14.0. The standard InChI is InChI=1S/C18H30N2O/c1-13(2)11-19-12-15-9-17(14(3)4)20-18(10-15)21-16-7-5-6-8-16/h9-10,13-14,16,19H,5-8,11-12H2,1-4H3. The van der Waals surface area contributed by atoms with Crippen LogP contribution in [0.5, 0.6) is 5.88 Å². The second kappa shape index (κ2) is 7.79. The lowest BCUT2D eigenvalue weighted by Gasteiger charge is -2.16. The van der Waals surface area contributed by atoms with Crippen molar-refractivity contribution in [2.24, 2.45) is 5.92 Å². The van der Waals surface area contributed by atoms with E-state index in [1.807, 2.05) is 0 Å². The fourth-order valence-electron chi connectivity index (χ4n) is 2.72. The number of hydrogen-bond acceptors (Lipinski definition) is 3. The van der Waals surface area contributed by atoms with Gasteiger partial charge >= 0.3 is 0 Å². The lowest BCUT2D eigenvalue weighted by Crippen LogP contribution is -2.19. The van der Waals surface area contributed by atoms with Gasteiger partial charge in [0, 0.05) is 18.3 Å². The highest BCUT2D eigenvalue weighted by molar-refractivity contribution is 5.27. The zero-order valence-corrected chi connectivity index (χ0v) is 14.0. The Morgan fingerprint density at radius 2 is 1.90 bits per heavy atom. The van der Waals surface area contributed by atoms with Gasteiger partial charge in [-0.3, -0.25) is 0 Å². The maximum absolute atomic E-state index is 6.10. The van der Waals surface area contributed by atoms with Crippen LogP contribution in [-0.2, 0) is 6.54 Å². The van der Waals surface area contributed by atoms with Gasteiger partial charge in [0.1, 0.15) is 6.10 Å². The van der Waals surface area contributed by atoms with Crippen LogP contribution >= 0.6 is 0 Å². The monoisotopic (exact) mass is 290 g/mol. The van der Waals surface area contributed by atoms with Gasteiger partial charge in [0.2, 0.25) is 5.88 Å². The molecule has 1 fully saturated rings. The lowest BCUT2D eigenvalue weighted by molar-refractivity contribution is 0.200. The van der Waals surface area contributed by atoms with Gasteiger partial charge in [0.15, 0.2) is 0 Å². The van der Waals surface area contributed by atoms with Crippen LogP contribution in [-0.4, -0.2) is 17.6 Å². The molecule has 21 heavy (non-hydrogen) atoms. The van der Waals surface area contributed by atoms with E-state index in [1.165, 1.54) is 31.2 Å². The molecule has 3 heteroatoms. The number of pyridine rings is 1. The third kappa shape index (κ3) is 5.31. The van der Waals surface area contributed by atoms with E-state index in [4.69, 9.17) is 4.74 Å². The molecule has 0 radical (unpaired) electrons. The molecule has 1 aromatic heterocycles. The Morgan fingerprint density at radius 1 is 1.19 bits per heavy atom. The van der Waals surface area contributed by atoms with E-state index in [-0.39, 0.29) is 0 Å². The Kier molecular flexibility index (Phi) is 6.04. The van der Waals surface area contributed by atoms with Gasteiger partial charge in [0.05, 0.1) is 0 Å². The van der Waals surface area contributed by atoms with Crippen molar-refractivity contribution in [2.45, 2.75) is 71.9 Å². The van der Waals surface area contributed by atoms with Crippen LogP contribution in [0, 0.1) is 5.92 Å². The Labute approximate surface area is 129 Å². The van der Waals surface area contributed by atoms with Crippen molar-refractivity contribution in [1.29, 1.82) is 0 Å². The predicted octanol–water partition coefficient (Wildman–Crippen LogP) is 4.27. The molecule has 1 N–H and O–H groups in total. The minimum atomic E-state index is 0.372. The Balaban J connectivity index is 2.05. The van der Waals surface area contributed by atoms with Gasteiger partial charge in [-0.1, -0.05) is 27.7 Å². The molecule has 1 heterocycles. The fraction of sp³-hybridized carbons (Fsp3) is 0.722. The molecule has 0 aliphatic heterocycles. The van der Waals surface area contributed by atoms with Gasteiger partial charge in [-0.05, 0) is 55.7 Å². The van der Waals surface area contributed by atoms with Crippen molar-refractivity contribution >= 4 is 0 Å². The first-order valence-electron chi connectivity index (χ1n) is 8.43. The molecule has 0 aromatic carbocycles. The SMILES string of the molecule is CC(C)CNCc1cc(OC2CCCC2)nc(C(C)C)c1. The normalized spacial score (nSPS) is 16.1. The molecule has 0 amide bonds. The molecule has 0 unspecified atom stereocenters. The first-order valence-corrected chi connectivity index (χ1v) is 8.43. The highest BCUT2D eigenvalue weighted by atomic mass is 16.5. The molecule has 0 atom stereocenters. The van der Waals surface area contributed by atoms with E-state index >= 15 is 0 Å². The molecule has 1 aliphatic carbocycles. The number of nitrogens with zero attached hydrogens (tertiary/aromatic N) is 1. The minimum absolute atomic E-state index is 0.372. The van der Waals surface area contributed by atoms with Crippen LogP contribution in [0.25, 0.3) is 0 Å². The van der Waals surface area contributed by atoms with E-state index in [0.717, 1.165) is 24.7 Å². The molecule has 2 rings (SSSR count). The second-order valence-electron chi connectivity index (χ2n) is 6.94. The van der Waals surface area contributed by atoms with Gasteiger partial charge in [-0.2, -0.15) is 0 Å². The van der Waals surface area contributed by atoms with Crippen LogP contribution in [0.15, 0.2) is 12.1 Å². The largest absolute Gasteiger partial charge is 0.474 e. The molecule has 1 aliphatic rings. The summed E-state index contributed by atoms with van der Waals surface area (Å²) in [7, 11) is 0. The van der Waals surface area contributed by atoms with Crippen molar-refractivity contribution < 1.29 is 4.74 Å². The molecule has 118 valence electrons. The maximum Gasteiger partial charge on any atom is 0.214 e. The topological polar surface area (TPSA) is 34.1 Å². The zero-order chi connectivity index (χ0) is 15.2. The van der Waals surface area contributed by atoms with Crippen LogP contribution in [0.3, 0.4) is 0 Å². The number of nitrogens with one attached hydrogen (secondary N) is 1. The van der Waals surface area contributed by atoms with E-state index in [2.05, 4.69) is 50.1 Å². The molecule has 0 saturated heterocycles. The van der Waals surface area contributed by atoms with Crippen LogP contribution in [0.2, 0.25) is 0 Å². The van der Waals surface area contributed by atoms with Crippen LogP contribution in [0.1, 0.15) is 70.6 Å². The van der Waals surface area contributed by atoms with Crippen LogP contribution in [0.4, 0.5) is 0 Å². The Morgan fingerprint density at radius 3 is 2.52 bits per heavy atom. The number of hydrogen-bond donors (Lipinski definition) is 1. The Hall–Kier alpha value is -1.09. The molecular weight excluding hydrogens is 260 g/mol. The average Bonchev–Trinajstić information content (AvgIpc) is 2.91. The summed E-state index contributed by atoms with van der Waals surface area (Å²) in [5.41, 5.74) is 2.41. The summed E-state index contributed by atoms with van der Waals surface area (Å²) in [5.74, 6) is 1.92. The maximum atomic E-state index is 6.10.